The molecule has 1 aromatic heterocycles. The second kappa shape index (κ2) is 6.36. The molecule has 0 unspecified atom stereocenters. The van der Waals surface area contributed by atoms with Crippen molar-refractivity contribution < 1.29 is 9.72 Å². The van der Waals surface area contributed by atoms with E-state index < -0.39 is 4.92 Å². The van der Waals surface area contributed by atoms with E-state index in [1.165, 1.54) is 10.8 Å². The van der Waals surface area contributed by atoms with Gasteiger partial charge in [-0.15, -0.1) is 0 Å². The summed E-state index contributed by atoms with van der Waals surface area (Å²) >= 11 is 5.77. The summed E-state index contributed by atoms with van der Waals surface area (Å²) in [6, 6.07) is 7.12. The standard InChI is InChI=1S/C13H13ClN4O3/c1-9-16-12(18(20)21)7-17(9)8-13(19)15-6-10-2-4-11(14)5-3-10/h2-5,7H,6,8H2,1H3,(H,15,19). The van der Waals surface area contributed by atoms with Crippen LogP contribution in [0, 0.1) is 17.0 Å². The Morgan fingerprint density at radius 3 is 2.67 bits per heavy atom. The van der Waals surface area contributed by atoms with Gasteiger partial charge in [-0.2, -0.15) is 0 Å². The van der Waals surface area contributed by atoms with Crippen molar-refractivity contribution in [1.82, 2.24) is 14.9 Å². The number of carbonyl (C=O) groups excluding carboxylic acids is 1. The first-order valence-electron chi connectivity index (χ1n) is 6.15. The monoisotopic (exact) mass is 308 g/mol. The fourth-order valence-electron chi connectivity index (χ4n) is 1.75. The molecule has 7 nitrogen and oxygen atoms in total. The molecule has 1 amide bonds. The van der Waals surface area contributed by atoms with E-state index in [1.54, 1.807) is 19.1 Å². The number of aryl methyl sites for hydroxylation is 1. The highest BCUT2D eigenvalue weighted by molar-refractivity contribution is 6.30. The van der Waals surface area contributed by atoms with Crippen LogP contribution < -0.4 is 5.32 Å². The third-order valence-electron chi connectivity index (χ3n) is 2.87. The number of hydrogen-bond acceptors (Lipinski definition) is 4. The molecule has 0 saturated carbocycles. The number of halogens is 1. The number of carbonyl (C=O) groups is 1. The van der Waals surface area contributed by atoms with Crippen LogP contribution in [0.2, 0.25) is 5.02 Å². The van der Waals surface area contributed by atoms with Crippen LogP contribution in [0.15, 0.2) is 30.5 Å². The van der Waals surface area contributed by atoms with Crippen molar-refractivity contribution in [1.29, 1.82) is 0 Å². The Kier molecular flexibility index (Phi) is 4.54. The smallest absolute Gasteiger partial charge is 0.358 e. The first-order valence-corrected chi connectivity index (χ1v) is 6.53. The zero-order valence-corrected chi connectivity index (χ0v) is 12.0. The minimum absolute atomic E-state index is 0.0136. The fraction of sp³-hybridized carbons (Fsp3) is 0.231. The van der Waals surface area contributed by atoms with Crippen LogP contribution in [-0.4, -0.2) is 20.4 Å². The van der Waals surface area contributed by atoms with Gasteiger partial charge >= 0.3 is 5.82 Å². The lowest BCUT2D eigenvalue weighted by atomic mass is 10.2. The number of amides is 1. The molecule has 0 aliphatic rings. The Morgan fingerprint density at radius 1 is 1.43 bits per heavy atom. The van der Waals surface area contributed by atoms with Gasteiger partial charge in [0.05, 0.1) is 0 Å². The van der Waals surface area contributed by atoms with Gasteiger partial charge in [-0.25, -0.2) is 0 Å². The SMILES string of the molecule is Cc1nc([N+](=O)[O-])cn1CC(=O)NCc1ccc(Cl)cc1. The van der Waals surface area contributed by atoms with Crippen molar-refractivity contribution in [3.8, 4) is 0 Å². The van der Waals surface area contributed by atoms with Gasteiger partial charge in [-0.1, -0.05) is 23.7 Å². The number of rotatable bonds is 5. The summed E-state index contributed by atoms with van der Waals surface area (Å²) in [6.07, 6.45) is 1.25. The summed E-state index contributed by atoms with van der Waals surface area (Å²) in [5, 5.41) is 14.0. The van der Waals surface area contributed by atoms with E-state index in [1.807, 2.05) is 12.1 Å². The van der Waals surface area contributed by atoms with Crippen LogP contribution in [0.4, 0.5) is 5.82 Å². The number of nitrogens with one attached hydrogen (secondary N) is 1. The lowest BCUT2D eigenvalue weighted by Gasteiger charge is -2.06. The second-order valence-electron chi connectivity index (χ2n) is 4.43. The highest BCUT2D eigenvalue weighted by Crippen LogP contribution is 2.11. The number of nitrogens with zero attached hydrogens (tertiary/aromatic N) is 3. The number of nitro groups is 1. The lowest BCUT2D eigenvalue weighted by molar-refractivity contribution is -0.389. The van der Waals surface area contributed by atoms with Crippen LogP contribution in [0.1, 0.15) is 11.4 Å². The van der Waals surface area contributed by atoms with Crippen LogP contribution in [0.3, 0.4) is 0 Å². The summed E-state index contributed by atoms with van der Waals surface area (Å²) in [5.74, 6) is -0.0957. The van der Waals surface area contributed by atoms with Crippen LogP contribution in [-0.2, 0) is 17.9 Å². The van der Waals surface area contributed by atoms with Gasteiger partial charge in [0.15, 0.2) is 0 Å². The molecule has 0 aliphatic carbocycles. The lowest BCUT2D eigenvalue weighted by Crippen LogP contribution is -2.27. The normalized spacial score (nSPS) is 10.4. The molecule has 110 valence electrons. The molecule has 1 N–H and O–H groups in total. The van der Waals surface area contributed by atoms with Crippen molar-refractivity contribution in [3.05, 3.63) is 57.0 Å². The Labute approximate surface area is 125 Å². The van der Waals surface area contributed by atoms with Crippen molar-refractivity contribution in [3.63, 3.8) is 0 Å². The minimum atomic E-state index is -0.588. The topological polar surface area (TPSA) is 90.1 Å². The van der Waals surface area contributed by atoms with E-state index in [-0.39, 0.29) is 18.3 Å². The third-order valence-corrected chi connectivity index (χ3v) is 3.12. The maximum absolute atomic E-state index is 11.8. The molecular formula is C13H13ClN4O3. The molecule has 0 saturated heterocycles. The summed E-state index contributed by atoms with van der Waals surface area (Å²) < 4.78 is 1.44. The number of hydrogen-bond donors (Lipinski definition) is 1. The summed E-state index contributed by atoms with van der Waals surface area (Å²) in [5.41, 5.74) is 0.918. The molecular weight excluding hydrogens is 296 g/mol. The van der Waals surface area contributed by atoms with E-state index in [0.29, 0.717) is 17.4 Å². The molecule has 2 aromatic rings. The van der Waals surface area contributed by atoms with Gasteiger partial charge in [0.2, 0.25) is 11.7 Å². The Bertz CT molecular complexity index is 667. The van der Waals surface area contributed by atoms with Crippen LogP contribution in [0.25, 0.3) is 0 Å². The number of aromatic nitrogens is 2. The molecule has 0 spiro atoms. The van der Waals surface area contributed by atoms with Gasteiger partial charge in [0, 0.05) is 18.5 Å². The van der Waals surface area contributed by atoms with Crippen molar-refractivity contribution in [2.75, 3.05) is 0 Å². The maximum atomic E-state index is 11.8. The number of benzene rings is 1. The van der Waals surface area contributed by atoms with Crippen molar-refractivity contribution in [2.45, 2.75) is 20.0 Å². The molecule has 8 heteroatoms. The summed E-state index contributed by atoms with van der Waals surface area (Å²) in [7, 11) is 0. The first-order chi connectivity index (χ1) is 9.95. The van der Waals surface area contributed by atoms with Gasteiger partial charge < -0.3 is 15.4 Å². The predicted molar refractivity (Wildman–Crippen MR) is 76.9 cm³/mol. The van der Waals surface area contributed by atoms with Gasteiger partial charge in [0.1, 0.15) is 12.7 Å². The van der Waals surface area contributed by atoms with Crippen molar-refractivity contribution in [2.24, 2.45) is 0 Å². The predicted octanol–water partition coefficient (Wildman–Crippen LogP) is 2.07. The minimum Gasteiger partial charge on any atom is -0.358 e. The van der Waals surface area contributed by atoms with E-state index >= 15 is 0 Å². The molecule has 0 radical (unpaired) electrons. The molecule has 2 rings (SSSR count). The van der Waals surface area contributed by atoms with Crippen molar-refractivity contribution >= 4 is 23.3 Å². The molecule has 0 aliphatic heterocycles. The quantitative estimate of drug-likeness (QED) is 0.676. The van der Waals surface area contributed by atoms with E-state index in [4.69, 9.17) is 11.6 Å². The zero-order chi connectivity index (χ0) is 15.4. The Morgan fingerprint density at radius 2 is 2.10 bits per heavy atom. The molecule has 0 fully saturated rings. The van der Waals surface area contributed by atoms with Gasteiger partial charge in [-0.05, 0) is 27.6 Å². The average Bonchev–Trinajstić information content (AvgIpc) is 2.80. The molecule has 1 aromatic carbocycles. The maximum Gasteiger partial charge on any atom is 0.381 e. The van der Waals surface area contributed by atoms with Crippen LogP contribution in [0.5, 0.6) is 0 Å². The molecule has 1 heterocycles. The Hall–Kier alpha value is -2.41. The fourth-order valence-corrected chi connectivity index (χ4v) is 1.88. The largest absolute Gasteiger partial charge is 0.381 e. The summed E-state index contributed by atoms with van der Waals surface area (Å²) in [6.45, 7) is 1.96. The molecule has 0 bridgehead atoms. The second-order valence-corrected chi connectivity index (χ2v) is 4.87. The molecule has 21 heavy (non-hydrogen) atoms. The zero-order valence-electron chi connectivity index (χ0n) is 11.2. The highest BCUT2D eigenvalue weighted by Gasteiger charge is 2.16. The first kappa shape index (κ1) is 15.0. The average molecular weight is 309 g/mol. The third kappa shape index (κ3) is 4.03. The summed E-state index contributed by atoms with van der Waals surface area (Å²) in [4.78, 5) is 25.6. The van der Waals surface area contributed by atoms with E-state index in [0.717, 1.165) is 5.56 Å². The van der Waals surface area contributed by atoms with Crippen LogP contribution >= 0.6 is 11.6 Å². The Balaban J connectivity index is 1.92. The number of imidazole rings is 1. The van der Waals surface area contributed by atoms with Gasteiger partial charge in [0.25, 0.3) is 0 Å². The molecule has 0 atom stereocenters. The van der Waals surface area contributed by atoms with E-state index in [9.17, 15) is 14.9 Å². The van der Waals surface area contributed by atoms with Gasteiger partial charge in [-0.3, -0.25) is 9.36 Å². The van der Waals surface area contributed by atoms with E-state index in [2.05, 4.69) is 10.3 Å². The highest BCUT2D eigenvalue weighted by atomic mass is 35.5.